The predicted molar refractivity (Wildman–Crippen MR) is 213 cm³/mol. The molecule has 52 heavy (non-hydrogen) atoms. The summed E-state index contributed by atoms with van der Waals surface area (Å²) in [7, 11) is 0. The van der Waals surface area contributed by atoms with Gasteiger partial charge in [0.1, 0.15) is 17.8 Å². The number of amides is 4. The Balaban J connectivity index is -0.00000172. The Morgan fingerprint density at radius 2 is 1.52 bits per heavy atom. The number of likely N-dealkylation sites (tertiary alicyclic amines) is 1. The van der Waals surface area contributed by atoms with E-state index in [1.807, 2.05) is 48.5 Å². The maximum absolute atomic E-state index is 14.3. The van der Waals surface area contributed by atoms with Gasteiger partial charge in [-0.25, -0.2) is 0 Å². The van der Waals surface area contributed by atoms with Crippen molar-refractivity contribution in [3.05, 3.63) is 13.2 Å². The molecule has 4 rings (SSSR count). The summed E-state index contributed by atoms with van der Waals surface area (Å²) in [5.74, 6) is -1.96. The number of rotatable bonds is 13. The first-order valence-corrected chi connectivity index (χ1v) is 19.5. The van der Waals surface area contributed by atoms with Gasteiger partial charge in [-0.1, -0.05) is 80.6 Å². The average Bonchev–Trinajstić information content (AvgIpc) is 3.70. The highest BCUT2D eigenvalue weighted by atomic mass is 16.2. The first kappa shape index (κ1) is 46.3. The number of hydrogen-bond acceptors (Lipinski definition) is 8. The minimum Gasteiger partial charge on any atom is -0.347 e. The van der Waals surface area contributed by atoms with Crippen molar-refractivity contribution >= 4 is 47.1 Å². The summed E-state index contributed by atoms with van der Waals surface area (Å²) in [6.07, 6.45) is 11.8. The van der Waals surface area contributed by atoms with Crippen molar-refractivity contribution in [3.63, 3.8) is 0 Å². The van der Waals surface area contributed by atoms with Crippen LogP contribution in [0.25, 0.3) is 0 Å². The van der Waals surface area contributed by atoms with Gasteiger partial charge in [0.2, 0.25) is 23.5 Å². The van der Waals surface area contributed by atoms with Gasteiger partial charge in [0.15, 0.2) is 5.78 Å². The molecular weight excluding hydrogens is 660 g/mol. The maximum Gasteiger partial charge on any atom is 0.289 e. The Labute approximate surface area is 316 Å². The lowest BCUT2D eigenvalue weighted by Gasteiger charge is -2.37. The van der Waals surface area contributed by atoms with Crippen LogP contribution >= 0.6 is 0 Å². The third-order valence-electron chi connectivity index (χ3n) is 10.5. The predicted octanol–water partition coefficient (Wildman–Crippen LogP) is 6.30. The number of nitrogens with one attached hydrogen (secondary N) is 5. The minimum atomic E-state index is -0.918. The van der Waals surface area contributed by atoms with Gasteiger partial charge in [-0.3, -0.25) is 34.2 Å². The van der Waals surface area contributed by atoms with E-state index in [2.05, 4.69) is 29.1 Å². The van der Waals surface area contributed by atoms with Gasteiger partial charge < -0.3 is 26.3 Å². The van der Waals surface area contributed by atoms with Crippen molar-refractivity contribution in [3.8, 4) is 0 Å². The molecule has 0 aromatic heterocycles. The fourth-order valence-corrected chi connectivity index (χ4v) is 7.36. The molecule has 4 aliphatic rings. The SMILES string of the molecule is C=C.CC.CC(=O)C(=N)C=N.CCC[C@H](NC(=O)[C@H]1[C@H]2CCCC2CN1C(=O)[C@H](NC(=O)[C@@H](C)C1CCCCC1)C(C)(C)C)C(=O)C(=O)NC1CC1.[HH].[HH].[HH]. The van der Waals surface area contributed by atoms with Crippen molar-refractivity contribution in [2.75, 3.05) is 6.54 Å². The number of Topliss-reactive ketones (excluding diaryl/α,β-unsaturated/α-hetero) is 2. The summed E-state index contributed by atoms with van der Waals surface area (Å²) >= 11 is 0. The zero-order valence-corrected chi connectivity index (χ0v) is 33.2. The number of ketones is 2. The first-order valence-electron chi connectivity index (χ1n) is 19.5. The zero-order chi connectivity index (χ0) is 39.8. The third kappa shape index (κ3) is 13.4. The molecule has 1 heterocycles. The summed E-state index contributed by atoms with van der Waals surface area (Å²) in [5.41, 5.74) is -0.806. The van der Waals surface area contributed by atoms with Crippen molar-refractivity contribution in [2.24, 2.45) is 29.1 Å². The maximum atomic E-state index is 14.3. The molecule has 4 fully saturated rings. The minimum absolute atomic E-state index is 0. The van der Waals surface area contributed by atoms with Crippen LogP contribution < -0.4 is 16.0 Å². The normalized spacial score (nSPS) is 22.5. The molecule has 6 atom stereocenters. The van der Waals surface area contributed by atoms with Gasteiger partial charge in [0.25, 0.3) is 5.91 Å². The fourth-order valence-electron chi connectivity index (χ4n) is 7.36. The van der Waals surface area contributed by atoms with Crippen molar-refractivity contribution in [1.82, 2.24) is 20.9 Å². The van der Waals surface area contributed by atoms with E-state index in [4.69, 9.17) is 10.8 Å². The highest BCUT2D eigenvalue weighted by Crippen LogP contribution is 2.43. The zero-order valence-electron chi connectivity index (χ0n) is 33.2. The van der Waals surface area contributed by atoms with Crippen LogP contribution in [0.15, 0.2) is 13.2 Å². The molecule has 0 bridgehead atoms. The van der Waals surface area contributed by atoms with Gasteiger partial charge in [0, 0.05) is 35.9 Å². The molecule has 3 saturated carbocycles. The fraction of sp³-hybridized carbons (Fsp3) is 0.750. The Morgan fingerprint density at radius 1 is 0.923 bits per heavy atom. The largest absolute Gasteiger partial charge is 0.347 e. The topological polar surface area (TPSA) is 189 Å². The Hall–Kier alpha value is -3.70. The van der Waals surface area contributed by atoms with E-state index in [1.165, 1.54) is 13.3 Å². The van der Waals surface area contributed by atoms with Gasteiger partial charge in [-0.15, -0.1) is 13.2 Å². The van der Waals surface area contributed by atoms with E-state index in [9.17, 15) is 28.8 Å². The second-order valence-corrected chi connectivity index (χ2v) is 15.4. The number of carbonyl (C=O) groups excluding carboxylic acids is 6. The van der Waals surface area contributed by atoms with Crippen LogP contribution in [0, 0.1) is 39.9 Å². The average molecular weight is 735 g/mol. The van der Waals surface area contributed by atoms with Crippen LogP contribution in [0.3, 0.4) is 0 Å². The lowest BCUT2D eigenvalue weighted by atomic mass is 9.79. The molecule has 0 spiro atoms. The van der Waals surface area contributed by atoms with Gasteiger partial charge in [-0.05, 0) is 68.1 Å². The summed E-state index contributed by atoms with van der Waals surface area (Å²) in [4.78, 5) is 78.7. The van der Waals surface area contributed by atoms with Crippen LogP contribution in [0.1, 0.15) is 137 Å². The number of fused-ring (bicyclic) bond motifs is 1. The van der Waals surface area contributed by atoms with E-state index in [0.717, 1.165) is 64.0 Å². The molecular formula is C40H74N6O6. The molecule has 12 nitrogen and oxygen atoms in total. The van der Waals surface area contributed by atoms with Crippen molar-refractivity contribution < 1.29 is 33.0 Å². The van der Waals surface area contributed by atoms with Crippen LogP contribution in [0.2, 0.25) is 0 Å². The first-order chi connectivity index (χ1) is 24.6. The molecule has 12 heteroatoms. The molecule has 5 N–H and O–H groups in total. The summed E-state index contributed by atoms with van der Waals surface area (Å²) < 4.78 is 0. The molecule has 1 unspecified atom stereocenters. The second kappa shape index (κ2) is 22.4. The van der Waals surface area contributed by atoms with Gasteiger partial charge in [-0.2, -0.15) is 0 Å². The molecule has 1 saturated heterocycles. The molecule has 3 aliphatic carbocycles. The standard InChI is InChI=1S/C32H52N4O5.C4H6N2O.C2H6.C2H4.3H2/c1-6-11-24(26(37)30(40)33-22-16-17-22)34-29(39)25-23-15-10-14-21(23)18-36(25)31(41)27(32(3,4)5)35-28(38)19(2)20-12-8-7-9-13-20;1-3(7)4(6)2-5;2*1-2;;;/h19-25,27H,6-18H2,1-5H3,(H,33,40)(H,34,39)(H,35,38);2,5-6H,1H3;1-2H3;1-2H2;3*1H/t19-,21?,23-,24-,25+,27-;;;;;;/m0....../s1. The van der Waals surface area contributed by atoms with Crippen LogP contribution in [0.4, 0.5) is 0 Å². The van der Waals surface area contributed by atoms with E-state index in [-0.39, 0.29) is 57.3 Å². The second-order valence-electron chi connectivity index (χ2n) is 15.4. The quantitative estimate of drug-likeness (QED) is 0.0838. The Kier molecular flexibility index (Phi) is 19.9. The highest BCUT2D eigenvalue weighted by Gasteiger charge is 2.52. The smallest absolute Gasteiger partial charge is 0.289 e. The van der Waals surface area contributed by atoms with Crippen LogP contribution in [-0.2, 0) is 28.8 Å². The molecule has 300 valence electrons. The lowest BCUT2D eigenvalue weighted by molar-refractivity contribution is -0.146. The lowest BCUT2D eigenvalue weighted by Crippen LogP contribution is -2.60. The van der Waals surface area contributed by atoms with Crippen LogP contribution in [-0.4, -0.2) is 82.7 Å². The summed E-state index contributed by atoms with van der Waals surface area (Å²) in [5, 5.41) is 21.7. The van der Waals surface area contributed by atoms with Crippen molar-refractivity contribution in [1.29, 1.82) is 10.8 Å². The molecule has 1 aliphatic heterocycles. The van der Waals surface area contributed by atoms with Crippen molar-refractivity contribution in [2.45, 2.75) is 157 Å². The molecule has 4 amide bonds. The number of nitrogens with zero attached hydrogens (tertiary/aromatic N) is 1. The van der Waals surface area contributed by atoms with Gasteiger partial charge in [0.05, 0.1) is 6.04 Å². The monoisotopic (exact) mass is 735 g/mol. The number of hydrogen-bond donors (Lipinski definition) is 5. The van der Waals surface area contributed by atoms with Gasteiger partial charge >= 0.3 is 0 Å². The van der Waals surface area contributed by atoms with E-state index < -0.39 is 35.2 Å². The molecule has 0 radical (unpaired) electrons. The Bertz CT molecular complexity index is 1270. The molecule has 0 aromatic rings. The summed E-state index contributed by atoms with van der Waals surface area (Å²) in [6, 6.07) is -2.35. The van der Waals surface area contributed by atoms with E-state index >= 15 is 0 Å². The highest BCUT2D eigenvalue weighted by molar-refractivity contribution is 6.59. The van der Waals surface area contributed by atoms with E-state index in [0.29, 0.717) is 25.3 Å². The summed E-state index contributed by atoms with van der Waals surface area (Å²) in [6.45, 7) is 21.4. The van der Waals surface area contributed by atoms with Crippen LogP contribution in [0.5, 0.6) is 0 Å². The third-order valence-corrected chi connectivity index (χ3v) is 10.5. The Morgan fingerprint density at radius 3 is 2.00 bits per heavy atom. The molecule has 0 aromatic carbocycles. The van der Waals surface area contributed by atoms with E-state index in [1.54, 1.807) is 4.90 Å². The number of carbonyl (C=O) groups is 6.